The van der Waals surface area contributed by atoms with Crippen molar-refractivity contribution in [3.05, 3.63) is 52.1 Å². The summed E-state index contributed by atoms with van der Waals surface area (Å²) in [4.78, 5) is 38.2. The van der Waals surface area contributed by atoms with Crippen LogP contribution in [-0.2, 0) is 11.8 Å². The predicted molar refractivity (Wildman–Crippen MR) is 110 cm³/mol. The van der Waals surface area contributed by atoms with E-state index in [9.17, 15) is 23.9 Å². The predicted octanol–water partition coefficient (Wildman–Crippen LogP) is 2.55. The number of anilines is 1. The summed E-state index contributed by atoms with van der Waals surface area (Å²) in [5.74, 6) is -2.37. The summed E-state index contributed by atoms with van der Waals surface area (Å²) in [6.07, 6.45) is 1.35. The third-order valence-electron chi connectivity index (χ3n) is 5.79. The minimum absolute atomic E-state index is 0.123. The number of carbonyl (C=O) groups excluding carboxylic acids is 3. The Morgan fingerprint density at radius 3 is 2.47 bits per heavy atom. The number of halogens is 1. The van der Waals surface area contributed by atoms with Crippen molar-refractivity contribution < 1.29 is 23.9 Å². The van der Waals surface area contributed by atoms with Gasteiger partial charge in [0.2, 0.25) is 0 Å². The fourth-order valence-corrected chi connectivity index (χ4v) is 4.00. The number of benzene rings is 1. The molecular weight excluding hydrogens is 389 g/mol. The Bertz CT molecular complexity index is 1030. The monoisotopic (exact) mass is 415 g/mol. The Balaban J connectivity index is 1.85. The largest absolute Gasteiger partial charge is 0.391 e. The van der Waals surface area contributed by atoms with Gasteiger partial charge in [-0.2, -0.15) is 0 Å². The molecule has 2 amide bonds. The van der Waals surface area contributed by atoms with Crippen molar-refractivity contribution in [1.82, 2.24) is 9.88 Å². The Labute approximate surface area is 174 Å². The number of ketones is 1. The molecule has 1 aliphatic carbocycles. The van der Waals surface area contributed by atoms with Crippen molar-refractivity contribution in [2.45, 2.75) is 52.2 Å². The number of hydrogen-bond donors (Lipinski definition) is 3. The number of aliphatic hydroxyl groups is 1. The number of aromatic nitrogens is 1. The van der Waals surface area contributed by atoms with Crippen molar-refractivity contribution in [2.75, 3.05) is 5.32 Å². The van der Waals surface area contributed by atoms with Crippen LogP contribution < -0.4 is 10.6 Å². The minimum atomic E-state index is -0.800. The van der Waals surface area contributed by atoms with Crippen molar-refractivity contribution in [3.8, 4) is 0 Å². The molecule has 160 valence electrons. The van der Waals surface area contributed by atoms with Crippen molar-refractivity contribution >= 4 is 23.3 Å². The molecule has 1 saturated carbocycles. The Morgan fingerprint density at radius 1 is 1.17 bits per heavy atom. The number of Topliss-reactive ketones (excluding diaryl/α,β-unsaturated/α-hetero) is 1. The molecule has 3 rings (SSSR count). The van der Waals surface area contributed by atoms with Gasteiger partial charge in [-0.1, -0.05) is 0 Å². The summed E-state index contributed by atoms with van der Waals surface area (Å²) in [5.41, 5.74) is 2.16. The third-order valence-corrected chi connectivity index (χ3v) is 5.79. The highest BCUT2D eigenvalue weighted by atomic mass is 19.1. The topological polar surface area (TPSA) is 100 Å². The molecule has 0 aliphatic heterocycles. The summed E-state index contributed by atoms with van der Waals surface area (Å²) >= 11 is 0. The van der Waals surface area contributed by atoms with Gasteiger partial charge >= 0.3 is 0 Å². The van der Waals surface area contributed by atoms with E-state index in [1.807, 2.05) is 0 Å². The number of aliphatic hydroxyl groups excluding tert-OH is 1. The standard InChI is InChI=1S/C22H26FN3O4/c1-11-10-14(8-9-15(11)23)24-21(29)18-12(2)19(26(4)13(18)3)20(28)22(30)25-16-6-5-7-17(16)27/h8-10,16-17,27H,5-7H2,1-4H3,(H,24,29)(H,25,30)/t16-,17+/m1/s1. The highest BCUT2D eigenvalue weighted by molar-refractivity contribution is 6.43. The summed E-state index contributed by atoms with van der Waals surface area (Å²) in [5, 5.41) is 15.2. The van der Waals surface area contributed by atoms with Gasteiger partial charge in [-0.25, -0.2) is 4.39 Å². The molecule has 0 radical (unpaired) electrons. The van der Waals surface area contributed by atoms with Gasteiger partial charge in [0.25, 0.3) is 17.6 Å². The number of amides is 2. The second-order valence-electron chi connectivity index (χ2n) is 7.82. The molecule has 8 heteroatoms. The molecule has 0 bridgehead atoms. The van der Waals surface area contributed by atoms with Crippen LogP contribution in [0.3, 0.4) is 0 Å². The zero-order valence-corrected chi connectivity index (χ0v) is 17.5. The van der Waals surface area contributed by atoms with E-state index in [0.29, 0.717) is 35.3 Å². The molecular formula is C22H26FN3O4. The van der Waals surface area contributed by atoms with Gasteiger partial charge in [0.05, 0.1) is 23.4 Å². The molecule has 1 heterocycles. The van der Waals surface area contributed by atoms with E-state index in [1.165, 1.54) is 22.8 Å². The first-order chi connectivity index (χ1) is 14.1. The van der Waals surface area contributed by atoms with Gasteiger partial charge in [-0.05, 0) is 69.4 Å². The van der Waals surface area contributed by atoms with Crippen molar-refractivity contribution in [1.29, 1.82) is 0 Å². The molecule has 7 nitrogen and oxygen atoms in total. The van der Waals surface area contributed by atoms with Gasteiger partial charge in [-0.3, -0.25) is 14.4 Å². The first kappa shape index (κ1) is 21.7. The number of rotatable bonds is 5. The van der Waals surface area contributed by atoms with Crippen LogP contribution in [0.15, 0.2) is 18.2 Å². The van der Waals surface area contributed by atoms with Gasteiger partial charge in [0, 0.05) is 18.4 Å². The van der Waals surface area contributed by atoms with E-state index < -0.39 is 29.7 Å². The second-order valence-corrected chi connectivity index (χ2v) is 7.82. The van der Waals surface area contributed by atoms with Gasteiger partial charge in [0.15, 0.2) is 0 Å². The van der Waals surface area contributed by atoms with E-state index in [-0.39, 0.29) is 17.1 Å². The van der Waals surface area contributed by atoms with Crippen LogP contribution in [0.25, 0.3) is 0 Å². The second kappa shape index (κ2) is 8.39. The SMILES string of the molecule is Cc1cc(NC(=O)c2c(C)c(C(=O)C(=O)N[C@@H]3CCC[C@@H]3O)n(C)c2C)ccc1F. The molecule has 0 spiro atoms. The van der Waals surface area contributed by atoms with Gasteiger partial charge in [0.1, 0.15) is 5.82 Å². The van der Waals surface area contributed by atoms with Gasteiger partial charge in [-0.15, -0.1) is 0 Å². The van der Waals surface area contributed by atoms with Crippen LogP contribution in [0.2, 0.25) is 0 Å². The maximum atomic E-state index is 13.5. The number of carbonyl (C=O) groups is 3. The van der Waals surface area contributed by atoms with E-state index in [2.05, 4.69) is 10.6 Å². The summed E-state index contributed by atoms with van der Waals surface area (Å²) in [6, 6.07) is 3.81. The molecule has 0 unspecified atom stereocenters. The summed E-state index contributed by atoms with van der Waals surface area (Å²) in [7, 11) is 1.62. The lowest BCUT2D eigenvalue weighted by Gasteiger charge is -2.16. The van der Waals surface area contributed by atoms with Gasteiger partial charge < -0.3 is 20.3 Å². The lowest BCUT2D eigenvalue weighted by molar-refractivity contribution is -0.118. The van der Waals surface area contributed by atoms with Crippen LogP contribution in [0.1, 0.15) is 56.9 Å². The first-order valence-electron chi connectivity index (χ1n) is 9.88. The number of hydrogen-bond acceptors (Lipinski definition) is 4. The van der Waals surface area contributed by atoms with Crippen molar-refractivity contribution in [2.24, 2.45) is 7.05 Å². The molecule has 2 atom stereocenters. The average molecular weight is 415 g/mol. The maximum Gasteiger partial charge on any atom is 0.294 e. The van der Waals surface area contributed by atoms with Crippen molar-refractivity contribution in [3.63, 3.8) is 0 Å². The molecule has 30 heavy (non-hydrogen) atoms. The average Bonchev–Trinajstić information content (AvgIpc) is 3.18. The van der Waals surface area contributed by atoms with E-state index in [4.69, 9.17) is 0 Å². The van der Waals surface area contributed by atoms with E-state index >= 15 is 0 Å². The maximum absolute atomic E-state index is 13.5. The lowest BCUT2D eigenvalue weighted by atomic mass is 10.1. The van der Waals surface area contributed by atoms with E-state index in [1.54, 1.807) is 27.8 Å². The third kappa shape index (κ3) is 4.00. The number of nitrogens with one attached hydrogen (secondary N) is 2. The molecule has 1 aromatic carbocycles. The highest BCUT2D eigenvalue weighted by Gasteiger charge is 2.32. The normalized spacial score (nSPS) is 18.3. The zero-order chi connectivity index (χ0) is 22.2. The smallest absolute Gasteiger partial charge is 0.294 e. The van der Waals surface area contributed by atoms with Crippen LogP contribution in [0.5, 0.6) is 0 Å². The van der Waals surface area contributed by atoms with Crippen LogP contribution in [0.4, 0.5) is 10.1 Å². The zero-order valence-electron chi connectivity index (χ0n) is 17.5. The number of aryl methyl sites for hydroxylation is 1. The Hall–Kier alpha value is -3.00. The van der Waals surface area contributed by atoms with Crippen LogP contribution in [0, 0.1) is 26.6 Å². The highest BCUT2D eigenvalue weighted by Crippen LogP contribution is 2.24. The first-order valence-corrected chi connectivity index (χ1v) is 9.88. The Kier molecular flexibility index (Phi) is 6.07. The summed E-state index contributed by atoms with van der Waals surface area (Å²) < 4.78 is 15.0. The number of nitrogens with zero attached hydrogens (tertiary/aromatic N) is 1. The van der Waals surface area contributed by atoms with Crippen LogP contribution >= 0.6 is 0 Å². The Morgan fingerprint density at radius 2 is 1.87 bits per heavy atom. The molecule has 2 aromatic rings. The minimum Gasteiger partial charge on any atom is -0.391 e. The molecule has 1 aromatic heterocycles. The fourth-order valence-electron chi connectivity index (χ4n) is 4.00. The quantitative estimate of drug-likeness (QED) is 0.516. The van der Waals surface area contributed by atoms with E-state index in [0.717, 1.165) is 6.42 Å². The molecule has 3 N–H and O–H groups in total. The summed E-state index contributed by atoms with van der Waals surface area (Å²) in [6.45, 7) is 4.90. The lowest BCUT2D eigenvalue weighted by Crippen LogP contribution is -2.43. The van der Waals surface area contributed by atoms with Crippen LogP contribution in [-0.4, -0.2) is 39.4 Å². The fraction of sp³-hybridized carbons (Fsp3) is 0.409. The molecule has 0 saturated heterocycles. The molecule has 1 fully saturated rings. The molecule has 1 aliphatic rings.